The number of ketones is 1. The molecule has 0 fully saturated rings. The fourth-order valence-corrected chi connectivity index (χ4v) is 3.22. The maximum atomic E-state index is 12.0. The van der Waals surface area contributed by atoms with E-state index in [0.717, 1.165) is 44.9 Å². The van der Waals surface area contributed by atoms with Gasteiger partial charge >= 0.3 is 0 Å². The molecule has 0 spiro atoms. The maximum absolute atomic E-state index is 12.0. The largest absolute Gasteiger partial charge is 0.300 e. The molecule has 0 aliphatic rings. The van der Waals surface area contributed by atoms with E-state index in [2.05, 4.69) is 52.8 Å². The van der Waals surface area contributed by atoms with Crippen LogP contribution in [-0.2, 0) is 4.79 Å². The van der Waals surface area contributed by atoms with Gasteiger partial charge in [-0.15, -0.1) is 0 Å². The average molecular weight is 375 g/mol. The van der Waals surface area contributed by atoms with Crippen LogP contribution in [0, 0.1) is 0 Å². The van der Waals surface area contributed by atoms with E-state index in [4.69, 9.17) is 0 Å². The Morgan fingerprint density at radius 2 is 1.07 bits per heavy atom. The van der Waals surface area contributed by atoms with E-state index in [1.807, 2.05) is 0 Å². The van der Waals surface area contributed by atoms with Crippen LogP contribution >= 0.6 is 0 Å². The fraction of sp³-hybridized carbons (Fsp3) is 0.731. The van der Waals surface area contributed by atoms with Gasteiger partial charge in [-0.3, -0.25) is 4.79 Å². The van der Waals surface area contributed by atoms with Gasteiger partial charge in [0.15, 0.2) is 0 Å². The van der Waals surface area contributed by atoms with Crippen molar-refractivity contribution in [1.82, 2.24) is 0 Å². The highest BCUT2D eigenvalue weighted by Gasteiger charge is 2.01. The molecule has 0 saturated heterocycles. The Balaban J connectivity index is 3.73. The summed E-state index contributed by atoms with van der Waals surface area (Å²) in [6.45, 7) is 11.0. The Morgan fingerprint density at radius 3 is 1.63 bits per heavy atom. The van der Waals surface area contributed by atoms with Crippen LogP contribution in [0.1, 0.15) is 125 Å². The predicted molar refractivity (Wildman–Crippen MR) is 122 cm³/mol. The van der Waals surface area contributed by atoms with Crippen molar-refractivity contribution in [3.05, 3.63) is 34.9 Å². The van der Waals surface area contributed by atoms with Crippen LogP contribution in [0.25, 0.3) is 0 Å². The molecule has 0 heterocycles. The first-order valence-corrected chi connectivity index (χ1v) is 11.4. The van der Waals surface area contributed by atoms with Gasteiger partial charge in [0.1, 0.15) is 5.78 Å². The highest BCUT2D eigenvalue weighted by atomic mass is 16.1. The van der Waals surface area contributed by atoms with Gasteiger partial charge in [-0.05, 0) is 66.2 Å². The monoisotopic (exact) mass is 374 g/mol. The molecule has 0 aromatic rings. The summed E-state index contributed by atoms with van der Waals surface area (Å²) in [5.41, 5.74) is 4.32. The molecular weight excluding hydrogens is 328 g/mol. The van der Waals surface area contributed by atoms with E-state index >= 15 is 0 Å². The molecule has 156 valence electrons. The minimum Gasteiger partial charge on any atom is -0.300 e. The smallest absolute Gasteiger partial charge is 0.133 e. The van der Waals surface area contributed by atoms with Gasteiger partial charge in [0.2, 0.25) is 0 Å². The Morgan fingerprint density at radius 1 is 0.593 bits per heavy atom. The first-order valence-electron chi connectivity index (χ1n) is 11.4. The van der Waals surface area contributed by atoms with Crippen molar-refractivity contribution in [1.29, 1.82) is 0 Å². The zero-order valence-electron chi connectivity index (χ0n) is 19.0. The lowest BCUT2D eigenvalue weighted by Crippen LogP contribution is -1.97. The van der Waals surface area contributed by atoms with Crippen molar-refractivity contribution in [2.24, 2.45) is 0 Å². The number of hydrogen-bond donors (Lipinski definition) is 0. The molecule has 0 rings (SSSR count). The molecule has 0 bridgehead atoms. The van der Waals surface area contributed by atoms with E-state index in [1.54, 1.807) is 0 Å². The van der Waals surface area contributed by atoms with Crippen LogP contribution in [0.4, 0.5) is 0 Å². The van der Waals surface area contributed by atoms with Crippen molar-refractivity contribution in [2.75, 3.05) is 0 Å². The first kappa shape index (κ1) is 25.9. The molecule has 1 heteroatoms. The molecule has 0 aromatic heterocycles. The third-order valence-corrected chi connectivity index (χ3v) is 5.10. The quantitative estimate of drug-likeness (QED) is 0.183. The Bertz CT molecular complexity index is 461. The second-order valence-electron chi connectivity index (χ2n) is 8.41. The van der Waals surface area contributed by atoms with E-state index in [1.165, 1.54) is 61.7 Å². The van der Waals surface area contributed by atoms with Crippen molar-refractivity contribution >= 4 is 5.78 Å². The first-order chi connectivity index (χ1) is 13.0. The molecule has 0 unspecified atom stereocenters. The molecule has 1 nitrogen and oxygen atoms in total. The van der Waals surface area contributed by atoms with Crippen molar-refractivity contribution in [3.8, 4) is 0 Å². The summed E-state index contributed by atoms with van der Waals surface area (Å²) in [6.07, 6.45) is 22.9. The fourth-order valence-electron chi connectivity index (χ4n) is 3.22. The second-order valence-corrected chi connectivity index (χ2v) is 8.41. The van der Waals surface area contributed by atoms with Gasteiger partial charge in [0.25, 0.3) is 0 Å². The van der Waals surface area contributed by atoms with Crippen LogP contribution in [0.5, 0.6) is 0 Å². The standard InChI is InChI=1S/C26H46O/c1-6-7-8-9-10-11-12-21-26(27)22-15-20-25(5)19-14-18-24(4)17-13-16-23(2)3/h16,18,20H,6-15,17,19,21-22H2,1-5H3/b24-18+,25-20+. The average Bonchev–Trinajstić information content (AvgIpc) is 2.60. The van der Waals surface area contributed by atoms with Gasteiger partial charge in [0.05, 0.1) is 0 Å². The van der Waals surface area contributed by atoms with E-state index < -0.39 is 0 Å². The highest BCUT2D eigenvalue weighted by Crippen LogP contribution is 2.13. The molecule has 27 heavy (non-hydrogen) atoms. The predicted octanol–water partition coefficient (Wildman–Crippen LogP) is 8.90. The molecule has 0 N–H and O–H groups in total. The van der Waals surface area contributed by atoms with Gasteiger partial charge in [-0.2, -0.15) is 0 Å². The Kier molecular flexibility index (Phi) is 17.5. The number of allylic oxidation sites excluding steroid dienone is 6. The van der Waals surface area contributed by atoms with Gasteiger partial charge in [-0.1, -0.05) is 80.4 Å². The molecule has 0 atom stereocenters. The SMILES string of the molecule is CCCCCCCCCC(=O)CC/C=C(\C)CC/C=C(\C)CCC=C(C)C. The minimum absolute atomic E-state index is 0.447. The molecule has 0 aliphatic carbocycles. The number of unbranched alkanes of at least 4 members (excludes halogenated alkanes) is 6. The van der Waals surface area contributed by atoms with Gasteiger partial charge in [0, 0.05) is 12.8 Å². The lowest BCUT2D eigenvalue weighted by molar-refractivity contribution is -0.119. The van der Waals surface area contributed by atoms with Crippen molar-refractivity contribution in [2.45, 2.75) is 125 Å². The number of rotatable bonds is 17. The van der Waals surface area contributed by atoms with Crippen LogP contribution in [0.2, 0.25) is 0 Å². The normalized spacial score (nSPS) is 12.3. The molecule has 0 aromatic carbocycles. The van der Waals surface area contributed by atoms with E-state index in [-0.39, 0.29) is 0 Å². The van der Waals surface area contributed by atoms with Gasteiger partial charge < -0.3 is 0 Å². The lowest BCUT2D eigenvalue weighted by atomic mass is 10.0. The molecule has 0 radical (unpaired) electrons. The third kappa shape index (κ3) is 19.5. The van der Waals surface area contributed by atoms with Crippen LogP contribution in [0.3, 0.4) is 0 Å². The summed E-state index contributed by atoms with van der Waals surface area (Å²) < 4.78 is 0. The molecule has 0 saturated carbocycles. The summed E-state index contributed by atoms with van der Waals surface area (Å²) in [6, 6.07) is 0. The third-order valence-electron chi connectivity index (χ3n) is 5.10. The lowest BCUT2D eigenvalue weighted by Gasteiger charge is -2.03. The van der Waals surface area contributed by atoms with E-state index in [9.17, 15) is 4.79 Å². The van der Waals surface area contributed by atoms with Crippen LogP contribution in [-0.4, -0.2) is 5.78 Å². The minimum atomic E-state index is 0.447. The Hall–Kier alpha value is -1.11. The van der Waals surface area contributed by atoms with Crippen LogP contribution < -0.4 is 0 Å². The maximum Gasteiger partial charge on any atom is 0.133 e. The summed E-state index contributed by atoms with van der Waals surface area (Å²) in [4.78, 5) is 12.0. The number of hydrogen-bond acceptors (Lipinski definition) is 1. The zero-order chi connectivity index (χ0) is 20.3. The number of carbonyl (C=O) groups is 1. The molecular formula is C26H46O. The summed E-state index contributed by atoms with van der Waals surface area (Å²) >= 11 is 0. The highest BCUT2D eigenvalue weighted by molar-refractivity contribution is 5.78. The van der Waals surface area contributed by atoms with Crippen molar-refractivity contribution < 1.29 is 4.79 Å². The molecule has 0 aliphatic heterocycles. The Labute approximate surface area is 170 Å². The molecule has 0 amide bonds. The van der Waals surface area contributed by atoms with E-state index in [0.29, 0.717) is 5.78 Å². The summed E-state index contributed by atoms with van der Waals surface area (Å²) in [5.74, 6) is 0.447. The number of Topliss-reactive ketones (excluding diaryl/α,β-unsaturated/α-hetero) is 1. The zero-order valence-corrected chi connectivity index (χ0v) is 19.0. The van der Waals surface area contributed by atoms with Crippen molar-refractivity contribution in [3.63, 3.8) is 0 Å². The summed E-state index contributed by atoms with van der Waals surface area (Å²) in [5, 5.41) is 0. The number of carbonyl (C=O) groups excluding carboxylic acids is 1. The summed E-state index contributed by atoms with van der Waals surface area (Å²) in [7, 11) is 0. The van der Waals surface area contributed by atoms with Gasteiger partial charge in [-0.25, -0.2) is 0 Å². The second kappa shape index (κ2) is 18.3. The van der Waals surface area contributed by atoms with Crippen LogP contribution in [0.15, 0.2) is 34.9 Å². The topological polar surface area (TPSA) is 17.1 Å².